The molecule has 0 spiro atoms. The molecule has 0 saturated carbocycles. The molecule has 3 nitrogen and oxygen atoms in total. The molecule has 1 aliphatic heterocycles. The van der Waals surface area contributed by atoms with Gasteiger partial charge in [0, 0.05) is 6.42 Å². The first kappa shape index (κ1) is 12.1. The van der Waals surface area contributed by atoms with Crippen LogP contribution < -0.4 is 5.32 Å². The number of ether oxygens (including phenoxy) is 1. The second-order valence-electron chi connectivity index (χ2n) is 4.60. The molecular weight excluding hydrogens is 214 g/mol. The van der Waals surface area contributed by atoms with Crippen LogP contribution in [0, 0.1) is 0 Å². The molecule has 3 heteroatoms. The fraction of sp³-hybridized carbons (Fsp3) is 0.500. The quantitative estimate of drug-likeness (QED) is 0.795. The Hall–Kier alpha value is -1.35. The van der Waals surface area contributed by atoms with E-state index >= 15 is 0 Å². The summed E-state index contributed by atoms with van der Waals surface area (Å²) in [6.07, 6.45) is 3.55. The average molecular weight is 234 g/mol. The molecule has 0 aliphatic carbocycles. The summed E-state index contributed by atoms with van der Waals surface area (Å²) < 4.78 is 4.96. The van der Waals surface area contributed by atoms with Crippen LogP contribution >= 0.6 is 0 Å². The average Bonchev–Trinajstić information content (AvgIpc) is 2.41. The Balaban J connectivity index is 2.21. The predicted octanol–water partition coefficient (Wildman–Crippen LogP) is 1.06. The standard InChI is InChI=1S/C14H19NO2/c1-17-14(16)13(11-7-3-2-4-8-11)12-9-5-6-10-15-12/h2-4,7-8,12-13,15H,5-6,9-10H2,1H3/p+1/t12-,13-/m0/s1. The van der Waals surface area contributed by atoms with Crippen molar-refractivity contribution in [2.75, 3.05) is 13.7 Å². The van der Waals surface area contributed by atoms with Crippen LogP contribution in [0.2, 0.25) is 0 Å². The van der Waals surface area contributed by atoms with Crippen LogP contribution in [0.1, 0.15) is 30.7 Å². The first-order valence-electron chi connectivity index (χ1n) is 6.29. The molecule has 0 radical (unpaired) electrons. The number of hydrogen-bond acceptors (Lipinski definition) is 2. The number of piperidine rings is 1. The van der Waals surface area contributed by atoms with Crippen LogP contribution in [-0.2, 0) is 9.53 Å². The number of carbonyl (C=O) groups excluding carboxylic acids is 1. The van der Waals surface area contributed by atoms with Crippen molar-refractivity contribution >= 4 is 5.97 Å². The maximum absolute atomic E-state index is 12.0. The number of quaternary nitrogens is 1. The van der Waals surface area contributed by atoms with E-state index in [-0.39, 0.29) is 11.9 Å². The van der Waals surface area contributed by atoms with E-state index in [9.17, 15) is 4.79 Å². The van der Waals surface area contributed by atoms with Gasteiger partial charge < -0.3 is 10.1 Å². The summed E-state index contributed by atoms with van der Waals surface area (Å²) in [5.74, 6) is -0.235. The lowest BCUT2D eigenvalue weighted by Gasteiger charge is -2.26. The molecule has 1 heterocycles. The number of carbonyl (C=O) groups is 1. The maximum Gasteiger partial charge on any atom is 0.319 e. The van der Waals surface area contributed by atoms with Crippen LogP contribution in [-0.4, -0.2) is 25.7 Å². The Bertz CT molecular complexity index is 358. The van der Waals surface area contributed by atoms with Crippen LogP contribution in [0.15, 0.2) is 30.3 Å². The zero-order valence-electron chi connectivity index (χ0n) is 10.3. The lowest BCUT2D eigenvalue weighted by atomic mass is 9.86. The highest BCUT2D eigenvalue weighted by atomic mass is 16.5. The van der Waals surface area contributed by atoms with E-state index in [2.05, 4.69) is 5.32 Å². The van der Waals surface area contributed by atoms with Crippen molar-refractivity contribution in [3.8, 4) is 0 Å². The summed E-state index contributed by atoms with van der Waals surface area (Å²) in [4.78, 5) is 12.0. The van der Waals surface area contributed by atoms with Crippen LogP contribution in [0.3, 0.4) is 0 Å². The maximum atomic E-state index is 12.0. The van der Waals surface area contributed by atoms with Gasteiger partial charge in [-0.25, -0.2) is 0 Å². The Morgan fingerprint density at radius 2 is 2.12 bits per heavy atom. The highest BCUT2D eigenvalue weighted by Crippen LogP contribution is 2.23. The minimum absolute atomic E-state index is 0.112. The molecule has 17 heavy (non-hydrogen) atoms. The van der Waals surface area contributed by atoms with Crippen molar-refractivity contribution in [1.29, 1.82) is 0 Å². The summed E-state index contributed by atoms with van der Waals surface area (Å²) in [6.45, 7) is 1.12. The van der Waals surface area contributed by atoms with Gasteiger partial charge in [-0.05, 0) is 18.4 Å². The minimum Gasteiger partial charge on any atom is -0.468 e. The van der Waals surface area contributed by atoms with Gasteiger partial charge in [-0.1, -0.05) is 30.3 Å². The van der Waals surface area contributed by atoms with Crippen molar-refractivity contribution in [2.45, 2.75) is 31.2 Å². The van der Waals surface area contributed by atoms with Crippen molar-refractivity contribution in [2.24, 2.45) is 0 Å². The predicted molar refractivity (Wildman–Crippen MR) is 65.6 cm³/mol. The second-order valence-corrected chi connectivity index (χ2v) is 4.60. The van der Waals surface area contributed by atoms with E-state index in [0.29, 0.717) is 6.04 Å². The Kier molecular flexibility index (Phi) is 4.15. The van der Waals surface area contributed by atoms with Crippen molar-refractivity contribution in [1.82, 2.24) is 0 Å². The Labute approximate surface area is 102 Å². The number of esters is 1. The first-order valence-corrected chi connectivity index (χ1v) is 6.29. The van der Waals surface area contributed by atoms with Gasteiger partial charge in [0.25, 0.3) is 0 Å². The molecule has 2 rings (SSSR count). The molecular formula is C14H20NO2+. The van der Waals surface area contributed by atoms with Gasteiger partial charge in [0.2, 0.25) is 0 Å². The summed E-state index contributed by atoms with van der Waals surface area (Å²) in [7, 11) is 1.47. The van der Waals surface area contributed by atoms with Gasteiger partial charge in [-0.2, -0.15) is 0 Å². The van der Waals surface area contributed by atoms with E-state index in [1.165, 1.54) is 20.0 Å². The smallest absolute Gasteiger partial charge is 0.319 e. The zero-order chi connectivity index (χ0) is 12.1. The van der Waals surface area contributed by atoms with Gasteiger partial charge in [-0.15, -0.1) is 0 Å². The fourth-order valence-corrected chi connectivity index (χ4v) is 2.62. The third-order valence-corrected chi connectivity index (χ3v) is 3.50. The monoisotopic (exact) mass is 234 g/mol. The topological polar surface area (TPSA) is 42.9 Å². The summed E-state index contributed by atoms with van der Waals surface area (Å²) in [5, 5.41) is 2.29. The fourth-order valence-electron chi connectivity index (χ4n) is 2.62. The molecule has 2 N–H and O–H groups in total. The van der Waals surface area contributed by atoms with Crippen LogP contribution in [0.4, 0.5) is 0 Å². The number of methoxy groups -OCH3 is 1. The summed E-state index contributed by atoms with van der Waals surface area (Å²) in [6, 6.07) is 10.3. The molecule has 1 fully saturated rings. The van der Waals surface area contributed by atoms with Crippen molar-refractivity contribution < 1.29 is 14.8 Å². The minimum atomic E-state index is -0.124. The summed E-state index contributed by atoms with van der Waals surface area (Å²) in [5.41, 5.74) is 1.07. The van der Waals surface area contributed by atoms with Crippen LogP contribution in [0.25, 0.3) is 0 Å². The van der Waals surface area contributed by atoms with E-state index in [1.54, 1.807) is 0 Å². The highest BCUT2D eigenvalue weighted by molar-refractivity contribution is 5.78. The highest BCUT2D eigenvalue weighted by Gasteiger charge is 2.34. The molecule has 0 bridgehead atoms. The normalized spacial score (nSPS) is 21.8. The number of nitrogens with two attached hydrogens (primary N) is 1. The lowest BCUT2D eigenvalue weighted by molar-refractivity contribution is -0.698. The lowest BCUT2D eigenvalue weighted by Crippen LogP contribution is -2.92. The summed E-state index contributed by atoms with van der Waals surface area (Å²) >= 11 is 0. The van der Waals surface area contributed by atoms with E-state index in [0.717, 1.165) is 18.5 Å². The molecule has 1 saturated heterocycles. The molecule has 2 atom stereocenters. The van der Waals surface area contributed by atoms with E-state index in [1.807, 2.05) is 30.3 Å². The van der Waals surface area contributed by atoms with Gasteiger partial charge in [0.05, 0.1) is 13.7 Å². The molecule has 92 valence electrons. The van der Waals surface area contributed by atoms with Gasteiger partial charge in [0.1, 0.15) is 12.0 Å². The van der Waals surface area contributed by atoms with Crippen LogP contribution in [0.5, 0.6) is 0 Å². The van der Waals surface area contributed by atoms with Crippen molar-refractivity contribution in [3.63, 3.8) is 0 Å². The molecule has 0 aromatic heterocycles. The Morgan fingerprint density at radius 1 is 1.35 bits per heavy atom. The van der Waals surface area contributed by atoms with Gasteiger partial charge in [0.15, 0.2) is 0 Å². The molecule has 1 aromatic carbocycles. The molecule has 0 unspecified atom stereocenters. The van der Waals surface area contributed by atoms with Crippen molar-refractivity contribution in [3.05, 3.63) is 35.9 Å². The molecule has 1 aliphatic rings. The number of hydrogen-bond donors (Lipinski definition) is 1. The van der Waals surface area contributed by atoms with E-state index in [4.69, 9.17) is 4.74 Å². The van der Waals surface area contributed by atoms with Gasteiger partial charge in [-0.3, -0.25) is 4.79 Å². The van der Waals surface area contributed by atoms with E-state index < -0.39 is 0 Å². The number of rotatable bonds is 3. The Morgan fingerprint density at radius 3 is 2.71 bits per heavy atom. The second kappa shape index (κ2) is 5.82. The number of benzene rings is 1. The SMILES string of the molecule is COC(=O)[C@@H](c1ccccc1)[C@@H]1CCCC[NH2+]1. The molecule has 1 aromatic rings. The zero-order valence-corrected chi connectivity index (χ0v) is 10.3. The van der Waals surface area contributed by atoms with Gasteiger partial charge >= 0.3 is 5.97 Å². The third kappa shape index (κ3) is 2.86. The molecule has 0 amide bonds. The first-order chi connectivity index (χ1) is 8.33. The largest absolute Gasteiger partial charge is 0.468 e. The third-order valence-electron chi connectivity index (χ3n) is 3.50.